The van der Waals surface area contributed by atoms with Gasteiger partial charge in [0.1, 0.15) is 17.8 Å². The Morgan fingerprint density at radius 1 is 1.46 bits per heavy atom. The van der Waals surface area contributed by atoms with Gasteiger partial charge in [0.15, 0.2) is 0 Å². The van der Waals surface area contributed by atoms with Crippen LogP contribution in [-0.4, -0.2) is 48.8 Å². The number of rotatable bonds is 2. The van der Waals surface area contributed by atoms with Crippen LogP contribution < -0.4 is 0 Å². The molecule has 5 unspecified atom stereocenters. The maximum atomic E-state index is 9.92. The summed E-state index contributed by atoms with van der Waals surface area (Å²) in [5.74, 6) is 0. The average molecular weight is 188 g/mol. The van der Waals surface area contributed by atoms with Gasteiger partial charge >= 0.3 is 0 Å². The Labute approximate surface area is 77.8 Å². The summed E-state index contributed by atoms with van der Waals surface area (Å²) >= 11 is 0. The van der Waals surface area contributed by atoms with Crippen LogP contribution in [0.25, 0.3) is 0 Å². The molecule has 1 N–H and O–H groups in total. The molecule has 2 rings (SSSR count). The third-order valence-electron chi connectivity index (χ3n) is 3.10. The van der Waals surface area contributed by atoms with Gasteiger partial charge in [-0.1, -0.05) is 0 Å². The van der Waals surface area contributed by atoms with Crippen molar-refractivity contribution in [3.8, 4) is 0 Å². The lowest BCUT2D eigenvalue weighted by Crippen LogP contribution is -2.50. The van der Waals surface area contributed by atoms with Gasteiger partial charge < -0.3 is 19.3 Å². The SMILES string of the molecule is COCC12OC(C)C(OC1C)C2O. The molecule has 0 radical (unpaired) electrons. The highest BCUT2D eigenvalue weighted by Crippen LogP contribution is 2.44. The molecule has 2 aliphatic heterocycles. The second-order valence-electron chi connectivity index (χ2n) is 3.90. The smallest absolute Gasteiger partial charge is 0.146 e. The highest BCUT2D eigenvalue weighted by molar-refractivity contribution is 5.10. The predicted octanol–water partition coefficient (Wildman–Crippen LogP) is -0.0615. The Morgan fingerprint density at radius 3 is 2.62 bits per heavy atom. The summed E-state index contributed by atoms with van der Waals surface area (Å²) in [6, 6.07) is 0. The van der Waals surface area contributed by atoms with Gasteiger partial charge in [0, 0.05) is 7.11 Å². The van der Waals surface area contributed by atoms with Crippen LogP contribution >= 0.6 is 0 Å². The second kappa shape index (κ2) is 2.92. The van der Waals surface area contributed by atoms with E-state index in [1.54, 1.807) is 7.11 Å². The molecular weight excluding hydrogens is 172 g/mol. The van der Waals surface area contributed by atoms with Crippen LogP contribution in [0.1, 0.15) is 13.8 Å². The van der Waals surface area contributed by atoms with E-state index in [-0.39, 0.29) is 18.3 Å². The summed E-state index contributed by atoms with van der Waals surface area (Å²) in [7, 11) is 1.61. The number of methoxy groups -OCH3 is 1. The average Bonchev–Trinajstić information content (AvgIpc) is 2.42. The Kier molecular flexibility index (Phi) is 2.11. The summed E-state index contributed by atoms with van der Waals surface area (Å²) in [4.78, 5) is 0. The maximum Gasteiger partial charge on any atom is 0.146 e. The van der Waals surface area contributed by atoms with Crippen LogP contribution in [0.15, 0.2) is 0 Å². The molecule has 2 saturated heterocycles. The fourth-order valence-electron chi connectivity index (χ4n) is 2.35. The molecule has 76 valence electrons. The number of aliphatic hydroxyl groups excluding tert-OH is 1. The number of fused-ring (bicyclic) bond motifs is 2. The van der Waals surface area contributed by atoms with E-state index in [1.807, 2.05) is 13.8 Å². The quantitative estimate of drug-likeness (QED) is 0.659. The summed E-state index contributed by atoms with van der Waals surface area (Å²) < 4.78 is 16.4. The lowest BCUT2D eigenvalue weighted by molar-refractivity contribution is -0.193. The van der Waals surface area contributed by atoms with Gasteiger partial charge in [0.2, 0.25) is 0 Å². The minimum Gasteiger partial charge on any atom is -0.387 e. The zero-order chi connectivity index (χ0) is 9.64. The van der Waals surface area contributed by atoms with Gasteiger partial charge in [-0.25, -0.2) is 0 Å². The van der Waals surface area contributed by atoms with E-state index in [1.165, 1.54) is 0 Å². The zero-order valence-electron chi connectivity index (χ0n) is 8.19. The van der Waals surface area contributed by atoms with Crippen molar-refractivity contribution in [2.75, 3.05) is 13.7 Å². The topological polar surface area (TPSA) is 47.9 Å². The third-order valence-corrected chi connectivity index (χ3v) is 3.10. The number of hydrogen-bond donors (Lipinski definition) is 1. The first kappa shape index (κ1) is 9.40. The highest BCUT2D eigenvalue weighted by atomic mass is 16.7. The van der Waals surface area contributed by atoms with Crippen LogP contribution in [-0.2, 0) is 14.2 Å². The highest BCUT2D eigenvalue weighted by Gasteiger charge is 2.63. The van der Waals surface area contributed by atoms with Gasteiger partial charge in [-0.15, -0.1) is 0 Å². The Morgan fingerprint density at radius 2 is 2.15 bits per heavy atom. The van der Waals surface area contributed by atoms with E-state index in [0.717, 1.165) is 0 Å². The molecule has 2 bridgehead atoms. The van der Waals surface area contributed by atoms with Gasteiger partial charge in [0.25, 0.3) is 0 Å². The Hall–Kier alpha value is -0.160. The predicted molar refractivity (Wildman–Crippen MR) is 45.5 cm³/mol. The molecule has 5 atom stereocenters. The summed E-state index contributed by atoms with van der Waals surface area (Å²) in [5.41, 5.74) is -0.640. The molecule has 4 heteroatoms. The van der Waals surface area contributed by atoms with Crippen LogP contribution in [0, 0.1) is 0 Å². The van der Waals surface area contributed by atoms with Gasteiger partial charge in [0.05, 0.1) is 18.8 Å². The monoisotopic (exact) mass is 188 g/mol. The molecule has 4 nitrogen and oxygen atoms in total. The van der Waals surface area contributed by atoms with E-state index < -0.39 is 11.7 Å². The van der Waals surface area contributed by atoms with Crippen molar-refractivity contribution >= 4 is 0 Å². The van der Waals surface area contributed by atoms with Crippen LogP contribution in [0.5, 0.6) is 0 Å². The van der Waals surface area contributed by atoms with Crippen molar-refractivity contribution in [1.29, 1.82) is 0 Å². The lowest BCUT2D eigenvalue weighted by atomic mass is 9.94. The van der Waals surface area contributed by atoms with Crippen LogP contribution in [0.4, 0.5) is 0 Å². The largest absolute Gasteiger partial charge is 0.387 e. The summed E-state index contributed by atoms with van der Waals surface area (Å²) in [6.45, 7) is 4.21. The molecule has 2 fully saturated rings. The number of hydrogen-bond acceptors (Lipinski definition) is 4. The minimum absolute atomic E-state index is 0.0404. The molecule has 13 heavy (non-hydrogen) atoms. The standard InChI is InChI=1S/C9H16O4/c1-5-7-8(10)9(13-5,4-11-3)6(2)12-7/h5-8,10H,4H2,1-3H3. The van der Waals surface area contributed by atoms with Gasteiger partial charge in [-0.3, -0.25) is 0 Å². The first-order chi connectivity index (χ1) is 6.12. The molecule has 0 amide bonds. The minimum atomic E-state index is -0.640. The van der Waals surface area contributed by atoms with E-state index in [0.29, 0.717) is 6.61 Å². The first-order valence-corrected chi connectivity index (χ1v) is 4.62. The van der Waals surface area contributed by atoms with Crippen LogP contribution in [0.2, 0.25) is 0 Å². The molecule has 0 saturated carbocycles. The molecule has 0 aromatic rings. The van der Waals surface area contributed by atoms with Crippen LogP contribution in [0.3, 0.4) is 0 Å². The van der Waals surface area contributed by atoms with E-state index in [9.17, 15) is 5.11 Å². The van der Waals surface area contributed by atoms with Crippen molar-refractivity contribution in [3.05, 3.63) is 0 Å². The molecule has 2 heterocycles. The van der Waals surface area contributed by atoms with Gasteiger partial charge in [-0.2, -0.15) is 0 Å². The zero-order valence-corrected chi connectivity index (χ0v) is 8.19. The van der Waals surface area contributed by atoms with E-state index >= 15 is 0 Å². The molecular formula is C9H16O4. The Balaban J connectivity index is 2.23. The first-order valence-electron chi connectivity index (χ1n) is 4.62. The molecule has 0 aromatic carbocycles. The summed E-state index contributed by atoms with van der Waals surface area (Å²) in [5, 5.41) is 9.92. The normalized spacial score (nSPS) is 54.5. The Bertz CT molecular complexity index is 208. The number of aliphatic hydroxyl groups is 1. The van der Waals surface area contributed by atoms with Crippen molar-refractivity contribution in [2.45, 2.75) is 43.9 Å². The lowest BCUT2D eigenvalue weighted by Gasteiger charge is -2.34. The summed E-state index contributed by atoms with van der Waals surface area (Å²) in [6.07, 6.45) is -0.882. The van der Waals surface area contributed by atoms with Crippen molar-refractivity contribution in [2.24, 2.45) is 0 Å². The molecule has 0 spiro atoms. The fourth-order valence-corrected chi connectivity index (χ4v) is 2.35. The third kappa shape index (κ3) is 1.06. The van der Waals surface area contributed by atoms with E-state index in [4.69, 9.17) is 14.2 Å². The van der Waals surface area contributed by atoms with E-state index in [2.05, 4.69) is 0 Å². The van der Waals surface area contributed by atoms with Crippen molar-refractivity contribution < 1.29 is 19.3 Å². The van der Waals surface area contributed by atoms with Crippen molar-refractivity contribution in [3.63, 3.8) is 0 Å². The molecule has 0 aliphatic carbocycles. The van der Waals surface area contributed by atoms with Crippen molar-refractivity contribution in [1.82, 2.24) is 0 Å². The number of ether oxygens (including phenoxy) is 3. The van der Waals surface area contributed by atoms with Gasteiger partial charge in [-0.05, 0) is 13.8 Å². The molecule has 0 aromatic heterocycles. The second-order valence-corrected chi connectivity index (χ2v) is 3.90. The fraction of sp³-hybridized carbons (Fsp3) is 1.00. The maximum absolute atomic E-state index is 9.92. The molecule has 2 aliphatic rings.